The third-order valence-corrected chi connectivity index (χ3v) is 2.97. The number of nitrogens with one attached hydrogen (secondary N) is 1. The van der Waals surface area contributed by atoms with Crippen molar-refractivity contribution in [1.82, 2.24) is 5.32 Å². The number of ether oxygens (including phenoxy) is 1. The highest BCUT2D eigenvalue weighted by atomic mass is 16.5. The Hall–Kier alpha value is -1.71. The molecule has 0 atom stereocenters. The number of carbonyl (C=O) groups excluding carboxylic acids is 1. The van der Waals surface area contributed by atoms with Gasteiger partial charge in [-0.3, -0.25) is 4.79 Å². The van der Waals surface area contributed by atoms with E-state index < -0.39 is 0 Å². The van der Waals surface area contributed by atoms with Crippen LogP contribution in [0, 0.1) is 6.92 Å². The van der Waals surface area contributed by atoms with E-state index in [1.165, 1.54) is 0 Å². The van der Waals surface area contributed by atoms with Crippen molar-refractivity contribution in [3.8, 4) is 5.75 Å². The number of anilines is 1. The summed E-state index contributed by atoms with van der Waals surface area (Å²) in [5.41, 5.74) is 7.45. The molecule has 4 nitrogen and oxygen atoms in total. The van der Waals surface area contributed by atoms with Gasteiger partial charge >= 0.3 is 0 Å². The van der Waals surface area contributed by atoms with Crippen molar-refractivity contribution in [2.75, 3.05) is 12.3 Å². The zero-order valence-corrected chi connectivity index (χ0v) is 11.3. The lowest BCUT2D eigenvalue weighted by Gasteiger charge is -2.15. The van der Waals surface area contributed by atoms with Crippen LogP contribution in [0.4, 0.5) is 5.69 Å². The fourth-order valence-electron chi connectivity index (χ4n) is 1.62. The van der Waals surface area contributed by atoms with E-state index >= 15 is 0 Å². The van der Waals surface area contributed by atoms with E-state index in [0.717, 1.165) is 18.4 Å². The molecule has 0 aliphatic carbocycles. The Morgan fingerprint density at radius 2 is 2.06 bits per heavy atom. The quantitative estimate of drug-likeness (QED) is 0.761. The second-order valence-corrected chi connectivity index (χ2v) is 4.39. The molecule has 0 saturated heterocycles. The summed E-state index contributed by atoms with van der Waals surface area (Å²) < 4.78 is 5.40. The largest absolute Gasteiger partial charge is 0.484 e. The second-order valence-electron chi connectivity index (χ2n) is 4.39. The lowest BCUT2D eigenvalue weighted by molar-refractivity contribution is -0.123. The summed E-state index contributed by atoms with van der Waals surface area (Å²) in [5, 5.41) is 2.92. The third kappa shape index (κ3) is 4.28. The van der Waals surface area contributed by atoms with Crippen LogP contribution in [-0.2, 0) is 4.79 Å². The van der Waals surface area contributed by atoms with Crippen molar-refractivity contribution in [2.45, 2.75) is 39.7 Å². The van der Waals surface area contributed by atoms with Crippen LogP contribution in [0.25, 0.3) is 0 Å². The molecule has 0 saturated carbocycles. The van der Waals surface area contributed by atoms with Crippen LogP contribution in [-0.4, -0.2) is 18.6 Å². The van der Waals surface area contributed by atoms with Gasteiger partial charge in [0.2, 0.25) is 0 Å². The van der Waals surface area contributed by atoms with E-state index in [0.29, 0.717) is 11.4 Å². The molecule has 1 aromatic carbocycles. The molecular formula is C14H22N2O2. The Balaban J connectivity index is 2.44. The molecule has 0 unspecified atom stereocenters. The van der Waals surface area contributed by atoms with Crippen molar-refractivity contribution in [2.24, 2.45) is 0 Å². The number of nitrogen functional groups attached to an aromatic ring is 1. The molecule has 0 heterocycles. The lowest BCUT2D eigenvalue weighted by atomic mass is 10.2. The van der Waals surface area contributed by atoms with Crippen LogP contribution in [0.1, 0.15) is 32.3 Å². The number of carbonyl (C=O) groups is 1. The first-order valence-electron chi connectivity index (χ1n) is 6.35. The van der Waals surface area contributed by atoms with Gasteiger partial charge in [-0.25, -0.2) is 0 Å². The SMILES string of the molecule is CCC(CC)NC(=O)COc1ccc(C)c(N)c1. The van der Waals surface area contributed by atoms with Crippen LogP contribution in [0.15, 0.2) is 18.2 Å². The summed E-state index contributed by atoms with van der Waals surface area (Å²) in [7, 11) is 0. The topological polar surface area (TPSA) is 64.3 Å². The van der Waals surface area contributed by atoms with Gasteiger partial charge in [0.1, 0.15) is 5.75 Å². The van der Waals surface area contributed by atoms with Gasteiger partial charge in [0, 0.05) is 17.8 Å². The molecule has 0 aromatic heterocycles. The molecule has 18 heavy (non-hydrogen) atoms. The van der Waals surface area contributed by atoms with Gasteiger partial charge in [0.25, 0.3) is 5.91 Å². The van der Waals surface area contributed by atoms with Crippen molar-refractivity contribution >= 4 is 11.6 Å². The minimum atomic E-state index is -0.0946. The van der Waals surface area contributed by atoms with Crippen molar-refractivity contribution < 1.29 is 9.53 Å². The smallest absolute Gasteiger partial charge is 0.258 e. The van der Waals surface area contributed by atoms with E-state index in [2.05, 4.69) is 19.2 Å². The predicted molar refractivity (Wildman–Crippen MR) is 73.6 cm³/mol. The number of benzene rings is 1. The summed E-state index contributed by atoms with van der Waals surface area (Å²) in [5.74, 6) is 0.528. The van der Waals surface area contributed by atoms with Gasteiger partial charge < -0.3 is 15.8 Å². The molecule has 0 fully saturated rings. The fourth-order valence-corrected chi connectivity index (χ4v) is 1.62. The van der Waals surface area contributed by atoms with Crippen LogP contribution in [0.3, 0.4) is 0 Å². The molecule has 0 bridgehead atoms. The highest BCUT2D eigenvalue weighted by molar-refractivity contribution is 5.77. The number of hydrogen-bond acceptors (Lipinski definition) is 3. The number of aryl methyl sites for hydroxylation is 1. The number of nitrogens with two attached hydrogens (primary N) is 1. The van der Waals surface area contributed by atoms with E-state index in [1.54, 1.807) is 6.07 Å². The summed E-state index contributed by atoms with van der Waals surface area (Å²) in [4.78, 5) is 11.6. The summed E-state index contributed by atoms with van der Waals surface area (Å²) >= 11 is 0. The minimum absolute atomic E-state index is 0.0268. The van der Waals surface area contributed by atoms with E-state index in [1.807, 2.05) is 19.1 Å². The van der Waals surface area contributed by atoms with Gasteiger partial charge in [0.05, 0.1) is 0 Å². The van der Waals surface area contributed by atoms with Gasteiger partial charge in [-0.05, 0) is 31.4 Å². The average molecular weight is 250 g/mol. The van der Waals surface area contributed by atoms with Crippen molar-refractivity contribution in [3.63, 3.8) is 0 Å². The average Bonchev–Trinajstić information content (AvgIpc) is 2.37. The molecule has 0 radical (unpaired) electrons. The van der Waals surface area contributed by atoms with Crippen LogP contribution < -0.4 is 15.8 Å². The number of rotatable bonds is 6. The minimum Gasteiger partial charge on any atom is -0.484 e. The van der Waals surface area contributed by atoms with Crippen LogP contribution >= 0.6 is 0 Å². The van der Waals surface area contributed by atoms with E-state index in [4.69, 9.17) is 10.5 Å². The highest BCUT2D eigenvalue weighted by Crippen LogP contribution is 2.18. The second kappa shape index (κ2) is 6.89. The number of hydrogen-bond donors (Lipinski definition) is 2. The maximum Gasteiger partial charge on any atom is 0.258 e. The molecule has 1 amide bonds. The monoisotopic (exact) mass is 250 g/mol. The third-order valence-electron chi connectivity index (χ3n) is 2.97. The van der Waals surface area contributed by atoms with Crippen molar-refractivity contribution in [3.05, 3.63) is 23.8 Å². The Bertz CT molecular complexity index is 401. The summed E-state index contributed by atoms with van der Waals surface area (Å²) in [6, 6.07) is 5.66. The zero-order chi connectivity index (χ0) is 13.5. The molecule has 0 aliphatic rings. The molecule has 0 spiro atoms. The highest BCUT2D eigenvalue weighted by Gasteiger charge is 2.08. The zero-order valence-electron chi connectivity index (χ0n) is 11.3. The first kappa shape index (κ1) is 14.4. The Morgan fingerprint density at radius 3 is 2.61 bits per heavy atom. The maximum absolute atomic E-state index is 11.6. The normalized spacial score (nSPS) is 10.4. The summed E-state index contributed by atoms with van der Waals surface area (Å²) in [6.07, 6.45) is 1.86. The van der Waals surface area contributed by atoms with Gasteiger partial charge in [-0.1, -0.05) is 19.9 Å². The Morgan fingerprint density at radius 1 is 1.39 bits per heavy atom. The van der Waals surface area contributed by atoms with Crippen LogP contribution in [0.5, 0.6) is 5.75 Å². The molecular weight excluding hydrogens is 228 g/mol. The lowest BCUT2D eigenvalue weighted by Crippen LogP contribution is -2.37. The molecule has 1 rings (SSSR count). The van der Waals surface area contributed by atoms with Gasteiger partial charge in [-0.2, -0.15) is 0 Å². The van der Waals surface area contributed by atoms with Gasteiger partial charge in [-0.15, -0.1) is 0 Å². The molecule has 100 valence electrons. The summed E-state index contributed by atoms with van der Waals surface area (Å²) in [6.45, 7) is 6.06. The Kier molecular flexibility index (Phi) is 5.49. The van der Waals surface area contributed by atoms with Crippen molar-refractivity contribution in [1.29, 1.82) is 0 Å². The first-order chi connectivity index (χ1) is 8.56. The number of amides is 1. The molecule has 4 heteroatoms. The van der Waals surface area contributed by atoms with E-state index in [9.17, 15) is 4.79 Å². The standard InChI is InChI=1S/C14H22N2O2/c1-4-11(5-2)16-14(17)9-18-12-7-6-10(3)13(15)8-12/h6-8,11H,4-5,9,15H2,1-3H3,(H,16,17). The van der Waals surface area contributed by atoms with Gasteiger partial charge in [0.15, 0.2) is 6.61 Å². The molecule has 1 aromatic rings. The maximum atomic E-state index is 11.6. The predicted octanol–water partition coefficient (Wildman–Crippen LogP) is 2.26. The fraction of sp³-hybridized carbons (Fsp3) is 0.500. The van der Waals surface area contributed by atoms with Crippen LogP contribution in [0.2, 0.25) is 0 Å². The Labute approximate surface area is 109 Å². The van der Waals surface area contributed by atoms with E-state index in [-0.39, 0.29) is 18.6 Å². The first-order valence-corrected chi connectivity index (χ1v) is 6.35. The molecule has 3 N–H and O–H groups in total. The molecule has 0 aliphatic heterocycles.